The van der Waals surface area contributed by atoms with Gasteiger partial charge in [-0.3, -0.25) is 0 Å². The van der Waals surface area contributed by atoms with Crippen molar-refractivity contribution in [3.05, 3.63) is 176 Å². The fraction of sp³-hybridized carbons (Fsp3) is 0. The number of para-hydroxylation sites is 1. The van der Waals surface area contributed by atoms with Crippen LogP contribution in [0.5, 0.6) is 0 Å². The van der Waals surface area contributed by atoms with E-state index in [0.29, 0.717) is 17.5 Å². The molecule has 0 saturated carbocycles. The highest BCUT2D eigenvalue weighted by atomic mass is 16.3. The van der Waals surface area contributed by atoms with Crippen molar-refractivity contribution in [2.75, 3.05) is 0 Å². The first-order chi connectivity index (χ1) is 25.3. The number of benzene rings is 8. The van der Waals surface area contributed by atoms with Gasteiger partial charge < -0.3 is 4.42 Å². The van der Waals surface area contributed by atoms with E-state index < -0.39 is 0 Å². The first kappa shape index (κ1) is 29.0. The lowest BCUT2D eigenvalue weighted by Gasteiger charge is -2.13. The van der Waals surface area contributed by atoms with Crippen molar-refractivity contribution in [1.82, 2.24) is 15.0 Å². The zero-order valence-electron chi connectivity index (χ0n) is 27.5. The molecule has 0 unspecified atom stereocenters. The quantitative estimate of drug-likeness (QED) is 0.186. The van der Waals surface area contributed by atoms with Gasteiger partial charge in [0.1, 0.15) is 11.2 Å². The molecule has 0 atom stereocenters. The molecule has 0 fully saturated rings. The summed E-state index contributed by atoms with van der Waals surface area (Å²) < 4.78 is 6.68. The van der Waals surface area contributed by atoms with Gasteiger partial charge in [0.25, 0.3) is 0 Å². The van der Waals surface area contributed by atoms with Crippen LogP contribution in [0.15, 0.2) is 180 Å². The Bertz CT molecular complexity index is 2900. The summed E-state index contributed by atoms with van der Waals surface area (Å²) in [4.78, 5) is 15.6. The molecule has 0 bridgehead atoms. The number of nitrogens with zero attached hydrogens (tertiary/aromatic N) is 3. The van der Waals surface area contributed by atoms with E-state index in [1.165, 1.54) is 5.39 Å². The summed E-state index contributed by atoms with van der Waals surface area (Å²) in [5.41, 5.74) is 8.95. The standard InChI is InChI=1S/C47H29N3O/c1-3-12-30(13-4-1)32-22-25-34(26-23-32)45-48-46(36-27-24-31-14-7-8-17-35(31)28-36)50-47(49-45)41-29-40-37(33-15-5-2-6-16-33)19-11-20-38(40)44-43(41)39-18-9-10-21-42(39)51-44/h1-29H. The molecule has 0 aliphatic rings. The second-order valence-electron chi connectivity index (χ2n) is 12.8. The highest BCUT2D eigenvalue weighted by molar-refractivity contribution is 6.22. The van der Waals surface area contributed by atoms with Crippen LogP contribution in [0.2, 0.25) is 0 Å². The molecule has 2 aromatic heterocycles. The van der Waals surface area contributed by atoms with E-state index in [0.717, 1.165) is 77.0 Å². The fourth-order valence-electron chi connectivity index (χ4n) is 7.21. The Morgan fingerprint density at radius 1 is 0.333 bits per heavy atom. The van der Waals surface area contributed by atoms with Gasteiger partial charge in [-0.1, -0.05) is 158 Å². The van der Waals surface area contributed by atoms with Crippen LogP contribution in [-0.4, -0.2) is 15.0 Å². The molecular weight excluding hydrogens is 623 g/mol. The third-order valence-electron chi connectivity index (χ3n) is 9.72. The summed E-state index contributed by atoms with van der Waals surface area (Å²) in [5, 5.41) is 6.44. The van der Waals surface area contributed by atoms with Gasteiger partial charge in [-0.05, 0) is 56.6 Å². The van der Waals surface area contributed by atoms with Gasteiger partial charge in [0.05, 0.1) is 0 Å². The van der Waals surface area contributed by atoms with Crippen LogP contribution in [0.25, 0.3) is 99.9 Å². The number of rotatable bonds is 5. The van der Waals surface area contributed by atoms with Crippen molar-refractivity contribution in [3.8, 4) is 56.4 Å². The van der Waals surface area contributed by atoms with Gasteiger partial charge in [-0.2, -0.15) is 0 Å². The van der Waals surface area contributed by atoms with Gasteiger partial charge in [0.15, 0.2) is 17.5 Å². The molecule has 0 spiro atoms. The van der Waals surface area contributed by atoms with Gasteiger partial charge >= 0.3 is 0 Å². The number of hydrogen-bond donors (Lipinski definition) is 0. The largest absolute Gasteiger partial charge is 0.455 e. The maximum atomic E-state index is 6.68. The lowest BCUT2D eigenvalue weighted by Crippen LogP contribution is -2.01. The highest BCUT2D eigenvalue weighted by Gasteiger charge is 2.21. The van der Waals surface area contributed by atoms with Crippen LogP contribution in [0, 0.1) is 0 Å². The molecule has 4 nitrogen and oxygen atoms in total. The summed E-state index contributed by atoms with van der Waals surface area (Å²) in [6.45, 7) is 0. The summed E-state index contributed by atoms with van der Waals surface area (Å²) in [6.07, 6.45) is 0. The first-order valence-corrected chi connectivity index (χ1v) is 17.1. The van der Waals surface area contributed by atoms with Crippen molar-refractivity contribution < 1.29 is 4.42 Å². The zero-order valence-corrected chi connectivity index (χ0v) is 27.5. The monoisotopic (exact) mass is 651 g/mol. The minimum absolute atomic E-state index is 0.594. The zero-order chi connectivity index (χ0) is 33.7. The Balaban J connectivity index is 1.26. The van der Waals surface area contributed by atoms with Crippen LogP contribution < -0.4 is 0 Å². The molecule has 8 aromatic carbocycles. The van der Waals surface area contributed by atoms with Gasteiger partial charge in [-0.25, -0.2) is 15.0 Å². The predicted molar refractivity (Wildman–Crippen MR) is 209 cm³/mol. The first-order valence-electron chi connectivity index (χ1n) is 17.1. The fourth-order valence-corrected chi connectivity index (χ4v) is 7.21. The van der Waals surface area contributed by atoms with Crippen LogP contribution in [0.1, 0.15) is 0 Å². The average Bonchev–Trinajstić information content (AvgIpc) is 3.61. The van der Waals surface area contributed by atoms with Crippen molar-refractivity contribution in [3.63, 3.8) is 0 Å². The number of furan rings is 1. The lowest BCUT2D eigenvalue weighted by molar-refractivity contribution is 0.672. The molecule has 10 aromatic rings. The molecule has 51 heavy (non-hydrogen) atoms. The van der Waals surface area contributed by atoms with E-state index in [4.69, 9.17) is 19.4 Å². The third-order valence-corrected chi connectivity index (χ3v) is 9.72. The SMILES string of the molecule is c1ccc(-c2ccc(-c3nc(-c4ccc5ccccc5c4)nc(-c4cc5c(-c6ccccc6)cccc5c5oc6ccccc6c45)n3)cc2)cc1. The minimum Gasteiger partial charge on any atom is -0.455 e. The smallest absolute Gasteiger partial charge is 0.164 e. The Kier molecular flexibility index (Phi) is 6.78. The van der Waals surface area contributed by atoms with Crippen molar-refractivity contribution in [2.24, 2.45) is 0 Å². The number of aromatic nitrogens is 3. The number of hydrogen-bond acceptors (Lipinski definition) is 4. The summed E-state index contributed by atoms with van der Waals surface area (Å²) in [7, 11) is 0. The second-order valence-corrected chi connectivity index (χ2v) is 12.8. The van der Waals surface area contributed by atoms with E-state index in [1.54, 1.807) is 0 Å². The topological polar surface area (TPSA) is 51.8 Å². The molecule has 0 aliphatic carbocycles. The van der Waals surface area contributed by atoms with Crippen LogP contribution in [-0.2, 0) is 0 Å². The molecule has 238 valence electrons. The maximum Gasteiger partial charge on any atom is 0.164 e. The lowest BCUT2D eigenvalue weighted by atomic mass is 9.93. The Morgan fingerprint density at radius 2 is 0.922 bits per heavy atom. The van der Waals surface area contributed by atoms with E-state index in [2.05, 4.69) is 152 Å². The minimum atomic E-state index is 0.594. The van der Waals surface area contributed by atoms with E-state index in [-0.39, 0.29) is 0 Å². The molecule has 0 aliphatic heterocycles. The normalized spacial score (nSPS) is 11.5. The van der Waals surface area contributed by atoms with E-state index in [9.17, 15) is 0 Å². The van der Waals surface area contributed by atoms with E-state index in [1.807, 2.05) is 24.3 Å². The maximum absolute atomic E-state index is 6.68. The van der Waals surface area contributed by atoms with Crippen LogP contribution >= 0.6 is 0 Å². The average molecular weight is 652 g/mol. The van der Waals surface area contributed by atoms with Crippen LogP contribution in [0.4, 0.5) is 0 Å². The summed E-state index contributed by atoms with van der Waals surface area (Å²) in [5.74, 6) is 1.82. The van der Waals surface area contributed by atoms with Gasteiger partial charge in [0, 0.05) is 32.8 Å². The Morgan fingerprint density at radius 3 is 1.73 bits per heavy atom. The summed E-state index contributed by atoms with van der Waals surface area (Å²) >= 11 is 0. The van der Waals surface area contributed by atoms with Gasteiger partial charge in [-0.15, -0.1) is 0 Å². The highest BCUT2D eigenvalue weighted by Crippen LogP contribution is 2.43. The van der Waals surface area contributed by atoms with Crippen molar-refractivity contribution in [1.29, 1.82) is 0 Å². The van der Waals surface area contributed by atoms with Crippen molar-refractivity contribution in [2.45, 2.75) is 0 Å². The summed E-state index contributed by atoms with van der Waals surface area (Å²) in [6, 6.07) is 61.0. The molecule has 0 N–H and O–H groups in total. The Labute approximate surface area is 294 Å². The molecule has 2 heterocycles. The Hall–Kier alpha value is -6.91. The third kappa shape index (κ3) is 5.04. The number of fused-ring (bicyclic) bond motifs is 6. The van der Waals surface area contributed by atoms with Crippen molar-refractivity contribution >= 4 is 43.5 Å². The van der Waals surface area contributed by atoms with E-state index >= 15 is 0 Å². The molecule has 0 amide bonds. The predicted octanol–water partition coefficient (Wildman–Crippen LogP) is 12.4. The molecule has 0 radical (unpaired) electrons. The second kappa shape index (κ2) is 11.9. The molecule has 0 saturated heterocycles. The molecule has 10 rings (SSSR count). The van der Waals surface area contributed by atoms with Crippen LogP contribution in [0.3, 0.4) is 0 Å². The van der Waals surface area contributed by atoms with Gasteiger partial charge in [0.2, 0.25) is 0 Å². The molecular formula is C47H29N3O. The molecule has 4 heteroatoms.